The van der Waals surface area contributed by atoms with Gasteiger partial charge in [-0.05, 0) is 37.3 Å². The van der Waals surface area contributed by atoms with Crippen LogP contribution in [0.25, 0.3) is 0 Å². The fourth-order valence-electron chi connectivity index (χ4n) is 2.88. The lowest BCUT2D eigenvalue weighted by Crippen LogP contribution is -2.11. The largest absolute Gasteiger partial charge is 0.466 e. The van der Waals surface area contributed by atoms with E-state index >= 15 is 0 Å². The van der Waals surface area contributed by atoms with Gasteiger partial charge in [-0.2, -0.15) is 0 Å². The summed E-state index contributed by atoms with van der Waals surface area (Å²) in [5, 5.41) is 0. The van der Waals surface area contributed by atoms with Crippen molar-refractivity contribution in [1.82, 2.24) is 0 Å². The Kier molecular flexibility index (Phi) is 2.99. The summed E-state index contributed by atoms with van der Waals surface area (Å²) in [7, 11) is 0. The highest BCUT2D eigenvalue weighted by molar-refractivity contribution is 5.79. The third-order valence-electron chi connectivity index (χ3n) is 3.54. The van der Waals surface area contributed by atoms with Crippen LogP contribution in [0.15, 0.2) is 36.0 Å². The van der Waals surface area contributed by atoms with Crippen LogP contribution in [-0.2, 0) is 9.53 Å². The normalized spacial score (nSPS) is 36.2. The molecule has 2 fully saturated rings. The Morgan fingerprint density at radius 1 is 1.62 bits per heavy atom. The maximum atomic E-state index is 11.7. The highest BCUT2D eigenvalue weighted by Gasteiger charge is 2.61. The van der Waals surface area contributed by atoms with E-state index in [0.29, 0.717) is 18.4 Å². The van der Waals surface area contributed by atoms with Gasteiger partial charge in [0.1, 0.15) is 0 Å². The van der Waals surface area contributed by atoms with Crippen LogP contribution in [0, 0.1) is 17.8 Å². The van der Waals surface area contributed by atoms with Crippen LogP contribution in [0.5, 0.6) is 0 Å². The molecule has 0 amide bonds. The molecular weight excluding hydrogens is 200 g/mol. The van der Waals surface area contributed by atoms with E-state index in [1.165, 1.54) is 11.1 Å². The first-order valence-corrected chi connectivity index (χ1v) is 5.89. The summed E-state index contributed by atoms with van der Waals surface area (Å²) in [4.78, 5) is 11.7. The summed E-state index contributed by atoms with van der Waals surface area (Å²) < 4.78 is 5.08. The van der Waals surface area contributed by atoms with Crippen molar-refractivity contribution in [1.29, 1.82) is 0 Å². The molecule has 0 aromatic heterocycles. The molecule has 2 aliphatic carbocycles. The molecule has 0 spiro atoms. The van der Waals surface area contributed by atoms with E-state index in [1.54, 1.807) is 0 Å². The standard InChI is InChI=1S/C14H18O2/c1-4-7-9-8-11-12(10(9)5-2)13(11)14(15)16-6-3/h4-5,7,11-13H,1,6,8H2,2-3H3. The lowest BCUT2D eigenvalue weighted by atomic mass is 10.00. The molecule has 2 nitrogen and oxygen atoms in total. The van der Waals surface area contributed by atoms with Gasteiger partial charge < -0.3 is 4.74 Å². The van der Waals surface area contributed by atoms with Crippen molar-refractivity contribution in [3.8, 4) is 0 Å². The van der Waals surface area contributed by atoms with Crippen LogP contribution in [0.4, 0.5) is 0 Å². The number of rotatable bonds is 3. The van der Waals surface area contributed by atoms with Gasteiger partial charge in [0.05, 0.1) is 12.5 Å². The van der Waals surface area contributed by atoms with Crippen molar-refractivity contribution in [3.63, 3.8) is 0 Å². The van der Waals surface area contributed by atoms with Crippen molar-refractivity contribution in [3.05, 3.63) is 36.0 Å². The molecule has 0 N–H and O–H groups in total. The molecule has 0 aromatic rings. The van der Waals surface area contributed by atoms with Gasteiger partial charge in [0.2, 0.25) is 0 Å². The minimum absolute atomic E-state index is 0.0190. The lowest BCUT2D eigenvalue weighted by molar-refractivity contribution is -0.145. The third kappa shape index (κ3) is 1.62. The van der Waals surface area contributed by atoms with E-state index in [4.69, 9.17) is 4.74 Å². The summed E-state index contributed by atoms with van der Waals surface area (Å²) in [6.07, 6.45) is 7.01. The van der Waals surface area contributed by atoms with Gasteiger partial charge in [0.15, 0.2) is 0 Å². The van der Waals surface area contributed by atoms with Gasteiger partial charge in [-0.15, -0.1) is 0 Å². The molecule has 86 valence electrons. The van der Waals surface area contributed by atoms with Crippen LogP contribution in [0.2, 0.25) is 0 Å². The molecular formula is C14H18O2. The van der Waals surface area contributed by atoms with Gasteiger partial charge >= 0.3 is 5.97 Å². The molecule has 0 bridgehead atoms. The highest BCUT2D eigenvalue weighted by Crippen LogP contribution is 2.62. The Morgan fingerprint density at radius 2 is 2.38 bits per heavy atom. The van der Waals surface area contributed by atoms with Crippen molar-refractivity contribution in [2.24, 2.45) is 17.8 Å². The molecule has 0 saturated heterocycles. The van der Waals surface area contributed by atoms with Crippen LogP contribution in [0.1, 0.15) is 20.3 Å². The van der Waals surface area contributed by atoms with Gasteiger partial charge in [-0.1, -0.05) is 24.8 Å². The number of esters is 1. The quantitative estimate of drug-likeness (QED) is 0.681. The predicted octanol–water partition coefficient (Wildman–Crippen LogP) is 2.87. The number of allylic oxidation sites excluding steroid dienone is 5. The zero-order valence-electron chi connectivity index (χ0n) is 9.90. The van der Waals surface area contributed by atoms with Crippen LogP contribution >= 0.6 is 0 Å². The first kappa shape index (κ1) is 11.2. The van der Waals surface area contributed by atoms with Crippen LogP contribution < -0.4 is 0 Å². The molecule has 0 aliphatic heterocycles. The van der Waals surface area contributed by atoms with E-state index in [-0.39, 0.29) is 11.9 Å². The van der Waals surface area contributed by atoms with Crippen LogP contribution in [-0.4, -0.2) is 12.6 Å². The fourth-order valence-corrected chi connectivity index (χ4v) is 2.88. The lowest BCUT2D eigenvalue weighted by Gasteiger charge is -2.08. The summed E-state index contributed by atoms with van der Waals surface area (Å²) in [6, 6.07) is 0. The Labute approximate surface area is 96.7 Å². The Bertz CT molecular complexity index is 376. The van der Waals surface area contributed by atoms with Crippen LogP contribution in [0.3, 0.4) is 0 Å². The topological polar surface area (TPSA) is 26.3 Å². The van der Waals surface area contributed by atoms with Gasteiger partial charge in [0, 0.05) is 5.92 Å². The van der Waals surface area contributed by atoms with Crippen molar-refractivity contribution in [2.75, 3.05) is 6.61 Å². The molecule has 3 unspecified atom stereocenters. The maximum absolute atomic E-state index is 11.7. The number of fused-ring (bicyclic) bond motifs is 1. The summed E-state index contributed by atoms with van der Waals surface area (Å²) >= 11 is 0. The Balaban J connectivity index is 2.09. The van der Waals surface area contributed by atoms with Crippen molar-refractivity contribution >= 4 is 5.97 Å². The Morgan fingerprint density at radius 3 is 2.94 bits per heavy atom. The number of hydrogen-bond donors (Lipinski definition) is 0. The molecule has 0 radical (unpaired) electrons. The van der Waals surface area contributed by atoms with E-state index in [9.17, 15) is 4.79 Å². The molecule has 2 aliphatic rings. The molecule has 2 heteroatoms. The van der Waals surface area contributed by atoms with Crippen molar-refractivity contribution < 1.29 is 9.53 Å². The zero-order chi connectivity index (χ0) is 11.7. The molecule has 2 saturated carbocycles. The SMILES string of the molecule is C=CC=C1CC2C(C(=O)OCC)C2C1=CC. The third-order valence-corrected chi connectivity index (χ3v) is 3.54. The summed E-state index contributed by atoms with van der Waals surface area (Å²) in [5.74, 6) is 0.995. The van der Waals surface area contributed by atoms with E-state index < -0.39 is 0 Å². The molecule has 3 atom stereocenters. The molecule has 0 aromatic carbocycles. The Hall–Kier alpha value is -1.31. The van der Waals surface area contributed by atoms with Crippen molar-refractivity contribution in [2.45, 2.75) is 20.3 Å². The first-order valence-electron chi connectivity index (χ1n) is 5.89. The van der Waals surface area contributed by atoms with E-state index in [0.717, 1.165) is 6.42 Å². The smallest absolute Gasteiger partial charge is 0.309 e. The molecule has 0 heterocycles. The van der Waals surface area contributed by atoms with Gasteiger partial charge in [-0.3, -0.25) is 4.79 Å². The highest BCUT2D eigenvalue weighted by atomic mass is 16.5. The van der Waals surface area contributed by atoms with E-state index in [1.807, 2.05) is 19.9 Å². The minimum atomic E-state index is -0.0190. The molecule has 16 heavy (non-hydrogen) atoms. The average Bonchev–Trinajstić information content (AvgIpc) is 2.84. The van der Waals surface area contributed by atoms with Gasteiger partial charge in [0.25, 0.3) is 0 Å². The minimum Gasteiger partial charge on any atom is -0.466 e. The summed E-state index contributed by atoms with van der Waals surface area (Å²) in [5.41, 5.74) is 2.66. The fraction of sp³-hybridized carbons (Fsp3) is 0.500. The molecule has 2 rings (SSSR count). The average molecular weight is 218 g/mol. The predicted molar refractivity (Wildman–Crippen MR) is 63.8 cm³/mol. The maximum Gasteiger partial charge on any atom is 0.309 e. The summed E-state index contributed by atoms with van der Waals surface area (Å²) in [6.45, 7) is 8.10. The number of hydrogen-bond acceptors (Lipinski definition) is 2. The van der Waals surface area contributed by atoms with Gasteiger partial charge in [-0.25, -0.2) is 0 Å². The second-order valence-corrected chi connectivity index (χ2v) is 4.34. The number of ether oxygens (including phenoxy) is 1. The monoisotopic (exact) mass is 218 g/mol. The second kappa shape index (κ2) is 4.28. The zero-order valence-corrected chi connectivity index (χ0v) is 9.90. The first-order chi connectivity index (χ1) is 7.74. The number of carbonyl (C=O) groups excluding carboxylic acids is 1. The second-order valence-electron chi connectivity index (χ2n) is 4.34. The number of carbonyl (C=O) groups is 1. The van der Waals surface area contributed by atoms with E-state index in [2.05, 4.69) is 18.7 Å².